The Kier molecular flexibility index (Phi) is 3.43. The van der Waals surface area contributed by atoms with Crippen LogP contribution in [0.4, 0.5) is 0 Å². The van der Waals surface area contributed by atoms with Gasteiger partial charge in [-0.2, -0.15) is 5.26 Å². The summed E-state index contributed by atoms with van der Waals surface area (Å²) < 4.78 is 0. The molecule has 2 rings (SSSR count). The van der Waals surface area contributed by atoms with Crippen molar-refractivity contribution in [3.05, 3.63) is 36.0 Å². The average Bonchev–Trinajstić information content (AvgIpc) is 2.75. The minimum atomic E-state index is -0.335. The Labute approximate surface area is 100 Å². The highest BCUT2D eigenvalue weighted by atomic mass is 16.3. The topological polar surface area (TPSA) is 63.0 Å². The molecule has 0 aliphatic carbocycles. The summed E-state index contributed by atoms with van der Waals surface area (Å²) in [6.45, 7) is 0.536. The van der Waals surface area contributed by atoms with Crippen LogP contribution < -0.4 is 0 Å². The average molecular weight is 229 g/mol. The predicted molar refractivity (Wildman–Crippen MR) is 66.4 cm³/mol. The Hall–Kier alpha value is -1.83. The van der Waals surface area contributed by atoms with E-state index in [0.717, 1.165) is 16.5 Å². The van der Waals surface area contributed by atoms with E-state index < -0.39 is 0 Å². The van der Waals surface area contributed by atoms with Crippen LogP contribution in [0.15, 0.2) is 30.5 Å². The van der Waals surface area contributed by atoms with Crippen LogP contribution in [0.5, 0.6) is 0 Å². The third kappa shape index (κ3) is 2.16. The first-order valence-electron chi connectivity index (χ1n) is 5.54. The zero-order chi connectivity index (χ0) is 12.3. The number of likely N-dealkylation sites (N-methyl/N-ethyl adjacent to an activating group) is 1. The zero-order valence-corrected chi connectivity index (χ0v) is 9.72. The maximum Gasteiger partial charge on any atom is 0.125 e. The van der Waals surface area contributed by atoms with E-state index in [2.05, 4.69) is 11.1 Å². The van der Waals surface area contributed by atoms with Crippen molar-refractivity contribution in [3.63, 3.8) is 0 Å². The lowest BCUT2D eigenvalue weighted by atomic mass is 10.1. The van der Waals surface area contributed by atoms with Gasteiger partial charge in [-0.1, -0.05) is 18.2 Å². The normalized spacial score (nSPS) is 12.8. The summed E-state index contributed by atoms with van der Waals surface area (Å²) >= 11 is 0. The van der Waals surface area contributed by atoms with Crippen molar-refractivity contribution in [1.82, 2.24) is 9.88 Å². The zero-order valence-electron chi connectivity index (χ0n) is 9.72. The van der Waals surface area contributed by atoms with E-state index in [9.17, 15) is 5.26 Å². The van der Waals surface area contributed by atoms with Gasteiger partial charge < -0.3 is 10.1 Å². The molecule has 2 N–H and O–H groups in total. The lowest BCUT2D eigenvalue weighted by Crippen LogP contribution is -2.26. The minimum Gasteiger partial charge on any atom is -0.395 e. The van der Waals surface area contributed by atoms with Gasteiger partial charge in [0.2, 0.25) is 0 Å². The first-order chi connectivity index (χ1) is 8.27. The monoisotopic (exact) mass is 229 g/mol. The number of rotatable bonds is 4. The van der Waals surface area contributed by atoms with Gasteiger partial charge in [-0.05, 0) is 13.1 Å². The fraction of sp³-hybridized carbons (Fsp3) is 0.308. The molecule has 0 aliphatic rings. The van der Waals surface area contributed by atoms with Gasteiger partial charge in [0.05, 0.1) is 12.7 Å². The molecule has 0 saturated heterocycles. The van der Waals surface area contributed by atoms with E-state index in [1.807, 2.05) is 42.4 Å². The van der Waals surface area contributed by atoms with Gasteiger partial charge in [-0.15, -0.1) is 0 Å². The van der Waals surface area contributed by atoms with Crippen molar-refractivity contribution in [3.8, 4) is 6.07 Å². The second kappa shape index (κ2) is 5.00. The van der Waals surface area contributed by atoms with Gasteiger partial charge in [0.15, 0.2) is 0 Å². The molecular formula is C13H15N3O. The molecule has 1 atom stereocenters. The lowest BCUT2D eigenvalue weighted by Gasteiger charge is -2.20. The molecule has 0 aliphatic heterocycles. The number of para-hydroxylation sites is 1. The SMILES string of the molecule is CN(CCO)C(C#N)c1c[nH]c2ccccc12. The van der Waals surface area contributed by atoms with E-state index in [-0.39, 0.29) is 12.6 Å². The highest BCUT2D eigenvalue weighted by Gasteiger charge is 2.19. The van der Waals surface area contributed by atoms with E-state index >= 15 is 0 Å². The van der Waals surface area contributed by atoms with Gasteiger partial charge in [0, 0.05) is 29.2 Å². The minimum absolute atomic E-state index is 0.0526. The summed E-state index contributed by atoms with van der Waals surface area (Å²) in [6.07, 6.45) is 1.87. The molecule has 0 amide bonds. The van der Waals surface area contributed by atoms with Crippen molar-refractivity contribution < 1.29 is 5.11 Å². The molecule has 0 radical (unpaired) electrons. The Morgan fingerprint density at radius 1 is 1.47 bits per heavy atom. The van der Waals surface area contributed by atoms with Crippen molar-refractivity contribution in [1.29, 1.82) is 5.26 Å². The number of aliphatic hydroxyl groups is 1. The standard InChI is InChI=1S/C13H15N3O/c1-16(6-7-17)13(8-14)11-9-15-12-5-3-2-4-10(11)12/h2-5,9,13,15,17H,6-7H2,1H3. The van der Waals surface area contributed by atoms with Gasteiger partial charge in [-0.25, -0.2) is 0 Å². The number of H-pyrrole nitrogens is 1. The van der Waals surface area contributed by atoms with Crippen LogP contribution in [0, 0.1) is 11.3 Å². The molecule has 1 unspecified atom stereocenters. The number of aliphatic hydroxyl groups excluding tert-OH is 1. The Morgan fingerprint density at radius 3 is 2.94 bits per heavy atom. The summed E-state index contributed by atoms with van der Waals surface area (Å²) in [6, 6.07) is 9.84. The first kappa shape index (κ1) is 11.6. The van der Waals surface area contributed by atoms with Crippen LogP contribution in [0.1, 0.15) is 11.6 Å². The van der Waals surface area contributed by atoms with E-state index in [4.69, 9.17) is 5.11 Å². The number of nitriles is 1. The van der Waals surface area contributed by atoms with Crippen LogP contribution >= 0.6 is 0 Å². The number of nitrogens with zero attached hydrogens (tertiary/aromatic N) is 2. The number of fused-ring (bicyclic) bond motifs is 1. The fourth-order valence-electron chi connectivity index (χ4n) is 2.01. The number of benzene rings is 1. The largest absolute Gasteiger partial charge is 0.395 e. The highest BCUT2D eigenvalue weighted by molar-refractivity contribution is 5.83. The molecule has 88 valence electrons. The first-order valence-corrected chi connectivity index (χ1v) is 5.54. The molecule has 0 spiro atoms. The molecule has 1 heterocycles. The van der Waals surface area contributed by atoms with E-state index in [1.165, 1.54) is 0 Å². The second-order valence-corrected chi connectivity index (χ2v) is 4.03. The third-order valence-corrected chi connectivity index (χ3v) is 2.93. The molecule has 17 heavy (non-hydrogen) atoms. The molecule has 1 aromatic carbocycles. The number of nitrogens with one attached hydrogen (secondary N) is 1. The maximum absolute atomic E-state index is 9.27. The fourth-order valence-corrected chi connectivity index (χ4v) is 2.01. The smallest absolute Gasteiger partial charge is 0.125 e. The molecule has 2 aromatic rings. The number of hydrogen-bond donors (Lipinski definition) is 2. The summed E-state index contributed by atoms with van der Waals surface area (Å²) in [7, 11) is 1.84. The summed E-state index contributed by atoms with van der Waals surface area (Å²) in [5, 5.41) is 19.3. The van der Waals surface area contributed by atoms with Crippen LogP contribution in [0.2, 0.25) is 0 Å². The molecular weight excluding hydrogens is 214 g/mol. The number of aromatic amines is 1. The number of aromatic nitrogens is 1. The Bertz CT molecular complexity index is 541. The Balaban J connectivity index is 2.41. The second-order valence-electron chi connectivity index (χ2n) is 4.03. The van der Waals surface area contributed by atoms with Crippen molar-refractivity contribution in [2.75, 3.05) is 20.2 Å². The summed E-state index contributed by atoms with van der Waals surface area (Å²) in [5.74, 6) is 0. The predicted octanol–water partition coefficient (Wildman–Crippen LogP) is 1.66. The molecule has 1 aromatic heterocycles. The van der Waals surface area contributed by atoms with Crippen LogP contribution in [-0.2, 0) is 0 Å². The third-order valence-electron chi connectivity index (χ3n) is 2.93. The van der Waals surface area contributed by atoms with Gasteiger partial charge in [0.25, 0.3) is 0 Å². The molecule has 0 saturated carbocycles. The molecule has 4 heteroatoms. The van der Waals surface area contributed by atoms with Crippen molar-refractivity contribution in [2.45, 2.75) is 6.04 Å². The summed E-state index contributed by atoms with van der Waals surface area (Å²) in [5.41, 5.74) is 1.99. The van der Waals surface area contributed by atoms with Gasteiger partial charge >= 0.3 is 0 Å². The van der Waals surface area contributed by atoms with Crippen molar-refractivity contribution >= 4 is 10.9 Å². The molecule has 4 nitrogen and oxygen atoms in total. The van der Waals surface area contributed by atoms with E-state index in [1.54, 1.807) is 0 Å². The Morgan fingerprint density at radius 2 is 2.24 bits per heavy atom. The quantitative estimate of drug-likeness (QED) is 0.838. The highest BCUT2D eigenvalue weighted by Crippen LogP contribution is 2.26. The van der Waals surface area contributed by atoms with Crippen molar-refractivity contribution in [2.24, 2.45) is 0 Å². The van der Waals surface area contributed by atoms with Gasteiger partial charge in [0.1, 0.15) is 6.04 Å². The maximum atomic E-state index is 9.27. The number of hydrogen-bond acceptors (Lipinski definition) is 3. The molecule has 0 fully saturated rings. The van der Waals surface area contributed by atoms with Crippen LogP contribution in [0.3, 0.4) is 0 Å². The van der Waals surface area contributed by atoms with Gasteiger partial charge in [-0.3, -0.25) is 4.90 Å². The molecule has 0 bridgehead atoms. The van der Waals surface area contributed by atoms with Crippen LogP contribution in [-0.4, -0.2) is 35.2 Å². The summed E-state index contributed by atoms with van der Waals surface area (Å²) in [4.78, 5) is 5.00. The lowest BCUT2D eigenvalue weighted by molar-refractivity contribution is 0.203. The van der Waals surface area contributed by atoms with Crippen LogP contribution in [0.25, 0.3) is 10.9 Å². The van der Waals surface area contributed by atoms with E-state index in [0.29, 0.717) is 6.54 Å².